The van der Waals surface area contributed by atoms with Crippen LogP contribution < -0.4 is 41.8 Å². The van der Waals surface area contributed by atoms with E-state index in [9.17, 15) is 24.6 Å². The van der Waals surface area contributed by atoms with E-state index >= 15 is 0 Å². The molecule has 12 N–H and O–H groups in total. The molecule has 0 fully saturated rings. The molecule has 0 saturated heterocycles. The lowest BCUT2D eigenvalue weighted by Crippen LogP contribution is -2.49. The second-order valence-electron chi connectivity index (χ2n) is 27.9. The third kappa shape index (κ3) is 8.88. The molecule has 6 aromatic heterocycles. The Morgan fingerprint density at radius 1 is 0.577 bits per heavy atom. The number of anilines is 2. The number of ether oxygens (including phenoxy) is 3. The van der Waals surface area contributed by atoms with Crippen molar-refractivity contribution in [1.29, 1.82) is 0 Å². The number of carbonyl (C=O) groups is 3. The number of nitrogens with two attached hydrogens (primary N) is 1. The van der Waals surface area contributed by atoms with Crippen molar-refractivity contribution in [3.63, 3.8) is 0 Å². The molecule has 25 heteroatoms. The van der Waals surface area contributed by atoms with E-state index < -0.39 is 59.5 Å². The van der Waals surface area contributed by atoms with Crippen molar-refractivity contribution in [3.05, 3.63) is 214 Å². The number of amides is 3. The average Bonchev–Trinajstić information content (AvgIpc) is 1.52. The number of alkyl carbamates (subject to hydrolysis) is 1. The maximum absolute atomic E-state index is 14.3. The Morgan fingerprint density at radius 3 is 1.59 bits per heavy atom. The Bertz CT molecular complexity index is 5760. The standard InChI is InChI=1S/C43H34N6O7.C35H28N6O5.CH4O/c1-20(2)33-40-48-36-37(56-40)43-26-10-6-9-24(23-12-13-29(50)35-32(23)25(17-44-35)31-18-45-39(36)54-31)34(26)49-41(43)55-30-14-11-22(15-27(30)43)16-28(38(51)47-33)46-42(52)53-19-21-7-4-3-5-8-21;1-14(2)26-33-40-29-30(46-33)35-19-5-3-4-17(16-7-8-22(42)28-25(16)18(12-37-28)24-13-38-32(29)44-24)27(19)41-34(35)45-23-9-6-15(10-20(23)35)11-21(36)31(43)39-26;1-2/h3-15,17-18,20,28,33,41,44,49-50H,16,19H2,1-2H3,(H,46,52)(H,47,51);3-10,12-14,21,26,34,37,41-42H,11,36H2,1-2H3,(H,39,43);2H,1H3/t28-,33-,41?,43?;21-,26-,34?,35?;/m00./s1. The SMILES string of the molecule is CC(C)[C@@H]1NC(=O)[C@@H](N)Cc2ccc3c(c2)C24c5cccc(c5NC2O3)-c2ccc(O)c3[nH]cc(c23)-c2cnc(o2)-c2nc1oc24.CC(C)[C@@H]1NC(=O)[C@@H](NC(=O)OCc2ccccc2)Cc2ccc3c(c2)C24c5cccc(c5NC2O3)-c2ccc(O)c3[nH]cc(c23)-c2cnc(o2)-c2nc1oc24.CO. The number of benzene rings is 7. The lowest BCUT2D eigenvalue weighted by molar-refractivity contribution is -0.124. The predicted molar refractivity (Wildman–Crippen MR) is 380 cm³/mol. The van der Waals surface area contributed by atoms with Crippen LogP contribution in [0.25, 0.3) is 89.9 Å². The molecule has 8 aliphatic heterocycles. The molecule has 3 amide bonds. The zero-order valence-corrected chi connectivity index (χ0v) is 56.5. The van der Waals surface area contributed by atoms with Crippen LogP contribution >= 0.6 is 0 Å². The van der Waals surface area contributed by atoms with Gasteiger partial charge in [-0.25, -0.2) is 24.7 Å². The Labute approximate surface area is 591 Å². The number of aromatic amines is 2. The lowest BCUT2D eigenvalue weighted by Gasteiger charge is -2.28. The topological polar surface area (TPSA) is 361 Å². The summed E-state index contributed by atoms with van der Waals surface area (Å²) in [7, 11) is 1.00. The fourth-order valence-electron chi connectivity index (χ4n) is 16.6. The summed E-state index contributed by atoms with van der Waals surface area (Å²) in [6.45, 7) is 7.98. The van der Waals surface area contributed by atoms with Crippen LogP contribution in [0, 0.1) is 11.8 Å². The van der Waals surface area contributed by atoms with Crippen molar-refractivity contribution in [2.45, 2.75) is 94.6 Å². The third-order valence-corrected chi connectivity index (χ3v) is 21.4. The van der Waals surface area contributed by atoms with E-state index in [0.29, 0.717) is 74.8 Å². The highest BCUT2D eigenvalue weighted by Crippen LogP contribution is 2.64. The van der Waals surface area contributed by atoms with Crippen LogP contribution in [0.3, 0.4) is 0 Å². The molecular formula is C79H66N12O13. The maximum Gasteiger partial charge on any atom is 0.408 e. The number of aliphatic hydroxyl groups excluding tert-OH is 1. The molecule has 14 heterocycles. The first-order valence-corrected chi connectivity index (χ1v) is 34.4. The van der Waals surface area contributed by atoms with Crippen molar-refractivity contribution in [2.75, 3.05) is 17.7 Å². The van der Waals surface area contributed by atoms with Gasteiger partial charge in [-0.15, -0.1) is 0 Å². The summed E-state index contributed by atoms with van der Waals surface area (Å²) in [5.74, 6) is 3.57. The second-order valence-corrected chi connectivity index (χ2v) is 27.9. The zero-order valence-electron chi connectivity index (χ0n) is 56.5. The number of H-pyrrole nitrogens is 2. The highest BCUT2D eigenvalue weighted by molar-refractivity contribution is 6.11. The van der Waals surface area contributed by atoms with E-state index in [-0.39, 0.29) is 59.9 Å². The van der Waals surface area contributed by atoms with Crippen molar-refractivity contribution in [3.8, 4) is 91.1 Å². The third-order valence-electron chi connectivity index (χ3n) is 21.4. The van der Waals surface area contributed by atoms with Gasteiger partial charge in [0.05, 0.1) is 29.5 Å². The Morgan fingerprint density at radius 2 is 1.08 bits per heavy atom. The molecule has 0 aliphatic carbocycles. The van der Waals surface area contributed by atoms with Crippen molar-refractivity contribution >= 4 is 51.1 Å². The number of phenols is 2. The molecule has 13 aromatic rings. The lowest BCUT2D eigenvalue weighted by atomic mass is 9.72. The number of phenolic OH excluding ortho intramolecular Hbond substituents is 2. The number of oxazole rings is 4. The predicted octanol–water partition coefficient (Wildman–Crippen LogP) is 12.3. The number of hydrogen-bond acceptors (Lipinski definition) is 20. The number of nitrogens with one attached hydrogen (secondary N) is 7. The summed E-state index contributed by atoms with van der Waals surface area (Å²) in [5, 5.41) is 46.9. The van der Waals surface area contributed by atoms with Crippen LogP contribution in [-0.4, -0.2) is 94.8 Å². The first-order valence-electron chi connectivity index (χ1n) is 34.4. The first-order chi connectivity index (χ1) is 50.6. The van der Waals surface area contributed by atoms with Crippen molar-refractivity contribution in [2.24, 2.45) is 17.6 Å². The maximum atomic E-state index is 14.3. The molecule has 520 valence electrons. The fraction of sp³-hybridized carbons (Fsp3) is 0.228. The van der Waals surface area contributed by atoms with E-state index in [1.54, 1.807) is 30.7 Å². The van der Waals surface area contributed by atoms with E-state index in [4.69, 9.17) is 62.7 Å². The molecule has 21 rings (SSSR count). The molecule has 2 spiro atoms. The highest BCUT2D eigenvalue weighted by atomic mass is 16.5. The van der Waals surface area contributed by atoms with Gasteiger partial charge in [0, 0.05) is 92.6 Å². The minimum absolute atomic E-state index is 0.0509. The van der Waals surface area contributed by atoms with Gasteiger partial charge in [-0.3, -0.25) is 9.59 Å². The van der Waals surface area contributed by atoms with Crippen LogP contribution in [0.15, 0.2) is 170 Å². The number of carbonyl (C=O) groups excluding carboxylic acids is 3. The van der Waals surface area contributed by atoms with Gasteiger partial charge < -0.3 is 89.5 Å². The van der Waals surface area contributed by atoms with E-state index in [1.807, 2.05) is 125 Å². The monoisotopic (exact) mass is 1390 g/mol. The summed E-state index contributed by atoms with van der Waals surface area (Å²) in [6.07, 6.45) is 5.42. The van der Waals surface area contributed by atoms with E-state index in [0.717, 1.165) is 96.0 Å². The van der Waals surface area contributed by atoms with Gasteiger partial charge in [-0.1, -0.05) is 119 Å². The summed E-state index contributed by atoms with van der Waals surface area (Å²) in [5.41, 5.74) is 19.0. The fourth-order valence-corrected chi connectivity index (χ4v) is 16.6. The molecule has 20 bridgehead atoms. The van der Waals surface area contributed by atoms with Crippen molar-refractivity contribution < 1.29 is 61.6 Å². The molecule has 8 atom stereocenters. The van der Waals surface area contributed by atoms with Crippen molar-refractivity contribution in [1.82, 2.24) is 45.9 Å². The molecule has 104 heavy (non-hydrogen) atoms. The average molecular weight is 1390 g/mol. The zero-order chi connectivity index (χ0) is 70.9. The number of aromatic nitrogens is 6. The highest BCUT2D eigenvalue weighted by Gasteiger charge is 2.64. The minimum Gasteiger partial charge on any atom is -0.506 e. The summed E-state index contributed by atoms with van der Waals surface area (Å²) < 4.78 is 46.1. The molecular weight excluding hydrogens is 1320 g/mol. The molecule has 25 nitrogen and oxygen atoms in total. The normalized spacial score (nSPS) is 21.7. The van der Waals surface area contributed by atoms with Crippen LogP contribution in [-0.2, 0) is 44.6 Å². The summed E-state index contributed by atoms with van der Waals surface area (Å²) in [6, 6.07) is 37.6. The Kier molecular flexibility index (Phi) is 13.8. The van der Waals surface area contributed by atoms with Crippen LogP contribution in [0.1, 0.15) is 102 Å². The summed E-state index contributed by atoms with van der Waals surface area (Å²) in [4.78, 5) is 67.0. The minimum atomic E-state index is -1.11. The smallest absolute Gasteiger partial charge is 0.408 e. The molecule has 8 aliphatic rings. The number of para-hydroxylation sites is 2. The van der Waals surface area contributed by atoms with E-state index in [1.165, 1.54) is 0 Å². The molecule has 0 saturated carbocycles. The summed E-state index contributed by atoms with van der Waals surface area (Å²) >= 11 is 0. The number of aromatic hydroxyl groups is 2. The van der Waals surface area contributed by atoms with Gasteiger partial charge >= 0.3 is 6.09 Å². The van der Waals surface area contributed by atoms with Gasteiger partial charge in [0.15, 0.2) is 46.9 Å². The van der Waals surface area contributed by atoms with Gasteiger partial charge in [0.2, 0.25) is 35.4 Å². The van der Waals surface area contributed by atoms with Crippen LogP contribution in [0.5, 0.6) is 23.0 Å². The molecule has 7 aromatic carbocycles. The van der Waals surface area contributed by atoms with Gasteiger partial charge in [-0.2, -0.15) is 0 Å². The van der Waals surface area contributed by atoms with Gasteiger partial charge in [0.25, 0.3) is 0 Å². The quantitative estimate of drug-likeness (QED) is 0.0762. The van der Waals surface area contributed by atoms with Gasteiger partial charge in [0.1, 0.15) is 58.6 Å². The largest absolute Gasteiger partial charge is 0.506 e. The van der Waals surface area contributed by atoms with Gasteiger partial charge in [-0.05, 0) is 82.5 Å². The number of fused-ring (bicyclic) bond motifs is 14. The number of aliphatic hydroxyl groups is 1. The van der Waals surface area contributed by atoms with E-state index in [2.05, 4.69) is 60.8 Å². The Hall–Kier alpha value is -12.6. The van der Waals surface area contributed by atoms with Crippen LogP contribution in [0.4, 0.5) is 16.2 Å². The number of hydrogen-bond donors (Lipinski definition) is 11. The Balaban J connectivity index is 0.000000142. The van der Waals surface area contributed by atoms with Crippen LogP contribution in [0.2, 0.25) is 0 Å². The molecule has 0 radical (unpaired) electrons. The first kappa shape index (κ1) is 62.4. The number of rotatable bonds is 5. The number of nitrogens with zero attached hydrogens (tertiary/aromatic N) is 4. The second kappa shape index (κ2) is 23.0. The molecule has 4 unspecified atom stereocenters.